The van der Waals surface area contributed by atoms with Crippen LogP contribution in [-0.4, -0.2) is 35.1 Å². The molecular formula is C6H10F2O3. The highest BCUT2D eigenvalue weighted by atomic mass is 19.3. The van der Waals surface area contributed by atoms with Gasteiger partial charge in [-0.2, -0.15) is 0 Å². The average molecular weight is 168 g/mol. The van der Waals surface area contributed by atoms with Gasteiger partial charge in [-0.15, -0.1) is 0 Å². The Kier molecular flexibility index (Phi) is 3.07. The van der Waals surface area contributed by atoms with Crippen molar-refractivity contribution in [1.29, 1.82) is 0 Å². The third-order valence-corrected chi connectivity index (χ3v) is 1.35. The molecule has 1 saturated carbocycles. The average Bonchev–Trinajstić information content (AvgIpc) is 1.88. The lowest BCUT2D eigenvalue weighted by atomic mass is 9.78. The van der Waals surface area contributed by atoms with Crippen LogP contribution in [0.1, 0.15) is 12.8 Å². The first-order valence-electron chi connectivity index (χ1n) is 2.99. The van der Waals surface area contributed by atoms with Gasteiger partial charge in [-0.3, -0.25) is 0 Å². The zero-order valence-electron chi connectivity index (χ0n) is 6.05. The number of hydrogen-bond acceptors (Lipinski definition) is 3. The Morgan fingerprint density at radius 1 is 1.36 bits per heavy atom. The van der Waals surface area contributed by atoms with Gasteiger partial charge in [0.15, 0.2) is 6.29 Å². The molecule has 0 aromatic rings. The van der Waals surface area contributed by atoms with Crippen molar-refractivity contribution in [2.75, 3.05) is 7.11 Å². The first-order chi connectivity index (χ1) is 4.97. The summed E-state index contributed by atoms with van der Waals surface area (Å²) in [5, 5.41) is 15.7. The van der Waals surface area contributed by atoms with Crippen LogP contribution in [0.3, 0.4) is 0 Å². The fraction of sp³-hybridized carbons (Fsp3) is 0.833. The van der Waals surface area contributed by atoms with E-state index in [0.717, 1.165) is 7.11 Å². The molecule has 1 rings (SSSR count). The second-order valence-corrected chi connectivity index (χ2v) is 2.43. The zero-order valence-corrected chi connectivity index (χ0v) is 6.05. The summed E-state index contributed by atoms with van der Waals surface area (Å²) >= 11 is 0. The second kappa shape index (κ2) is 3.23. The lowest BCUT2D eigenvalue weighted by Gasteiger charge is -2.38. The predicted octanol–water partition coefficient (Wildman–Crippen LogP) is -0.0460. The molecule has 0 aromatic heterocycles. The summed E-state index contributed by atoms with van der Waals surface area (Å²) in [6, 6.07) is 0. The van der Waals surface area contributed by atoms with Crippen molar-refractivity contribution in [2.45, 2.75) is 24.4 Å². The maximum atomic E-state index is 11.9. The molecule has 1 fully saturated rings. The van der Waals surface area contributed by atoms with E-state index in [1.807, 2.05) is 0 Å². The van der Waals surface area contributed by atoms with E-state index in [9.17, 15) is 13.6 Å². The second-order valence-electron chi connectivity index (χ2n) is 2.43. The number of aldehydes is 1. The molecule has 0 saturated heterocycles. The molecular weight excluding hydrogens is 158 g/mol. The van der Waals surface area contributed by atoms with Gasteiger partial charge in [0.1, 0.15) is 5.60 Å². The highest BCUT2D eigenvalue weighted by Gasteiger charge is 2.55. The van der Waals surface area contributed by atoms with Gasteiger partial charge in [0.25, 0.3) is 5.92 Å². The van der Waals surface area contributed by atoms with E-state index in [0.29, 0.717) is 0 Å². The standard InChI is InChI=1S/C5H6F2O2.CH4O/c6-5(7)1-4(9,2-5)3-8;1-2/h3,9H,1-2H2;2H,1H3. The Bertz CT molecular complexity index is 139. The van der Waals surface area contributed by atoms with Crippen molar-refractivity contribution in [3.8, 4) is 0 Å². The molecule has 11 heavy (non-hydrogen) atoms. The van der Waals surface area contributed by atoms with Crippen LogP contribution in [0.25, 0.3) is 0 Å². The van der Waals surface area contributed by atoms with Gasteiger partial charge < -0.3 is 15.0 Å². The quantitative estimate of drug-likeness (QED) is 0.540. The Labute approximate surface area is 62.6 Å². The molecule has 66 valence electrons. The number of carbonyl (C=O) groups excluding carboxylic acids is 1. The van der Waals surface area contributed by atoms with Gasteiger partial charge in [-0.25, -0.2) is 8.78 Å². The van der Waals surface area contributed by atoms with Gasteiger partial charge in [0.2, 0.25) is 0 Å². The van der Waals surface area contributed by atoms with Crippen LogP contribution in [-0.2, 0) is 4.79 Å². The molecule has 1 aliphatic rings. The molecule has 0 bridgehead atoms. The summed E-state index contributed by atoms with van der Waals surface area (Å²) < 4.78 is 23.8. The van der Waals surface area contributed by atoms with Gasteiger partial charge in [-0.1, -0.05) is 0 Å². The van der Waals surface area contributed by atoms with Crippen molar-refractivity contribution in [2.24, 2.45) is 0 Å². The van der Waals surface area contributed by atoms with Crippen LogP contribution in [0.15, 0.2) is 0 Å². The normalized spacial score (nSPS) is 24.1. The SMILES string of the molecule is CO.O=CC1(O)CC(F)(F)C1. The van der Waals surface area contributed by atoms with Gasteiger partial charge in [-0.05, 0) is 0 Å². The van der Waals surface area contributed by atoms with E-state index in [2.05, 4.69) is 0 Å². The Balaban J connectivity index is 0.000000461. The lowest BCUT2D eigenvalue weighted by Crippen LogP contribution is -2.52. The maximum absolute atomic E-state index is 11.9. The third-order valence-electron chi connectivity index (χ3n) is 1.35. The smallest absolute Gasteiger partial charge is 0.254 e. The highest BCUT2D eigenvalue weighted by Crippen LogP contribution is 2.43. The number of alkyl halides is 2. The van der Waals surface area contributed by atoms with E-state index < -0.39 is 24.4 Å². The van der Waals surface area contributed by atoms with E-state index in [-0.39, 0.29) is 6.29 Å². The molecule has 2 N–H and O–H groups in total. The van der Waals surface area contributed by atoms with E-state index in [4.69, 9.17) is 10.2 Å². The molecule has 0 aliphatic heterocycles. The van der Waals surface area contributed by atoms with Crippen LogP contribution < -0.4 is 0 Å². The van der Waals surface area contributed by atoms with Crippen LogP contribution in [0.4, 0.5) is 8.78 Å². The van der Waals surface area contributed by atoms with Crippen molar-refractivity contribution in [1.82, 2.24) is 0 Å². The van der Waals surface area contributed by atoms with Crippen molar-refractivity contribution < 1.29 is 23.8 Å². The highest BCUT2D eigenvalue weighted by molar-refractivity contribution is 5.64. The topological polar surface area (TPSA) is 57.5 Å². The van der Waals surface area contributed by atoms with Gasteiger partial charge >= 0.3 is 0 Å². The minimum absolute atomic E-state index is 0.171. The zero-order chi connectivity index (χ0) is 9.12. The molecule has 0 amide bonds. The summed E-state index contributed by atoms with van der Waals surface area (Å²) in [5.41, 5.74) is -1.73. The summed E-state index contributed by atoms with van der Waals surface area (Å²) in [5.74, 6) is -2.82. The summed E-state index contributed by atoms with van der Waals surface area (Å²) in [4.78, 5) is 9.81. The summed E-state index contributed by atoms with van der Waals surface area (Å²) in [6.07, 6.45) is -1.27. The van der Waals surface area contributed by atoms with E-state index >= 15 is 0 Å². The number of rotatable bonds is 1. The molecule has 0 aromatic carbocycles. The van der Waals surface area contributed by atoms with E-state index in [1.54, 1.807) is 0 Å². The summed E-state index contributed by atoms with van der Waals surface area (Å²) in [7, 11) is 1.00. The molecule has 0 atom stereocenters. The monoisotopic (exact) mass is 168 g/mol. The predicted molar refractivity (Wildman–Crippen MR) is 33.3 cm³/mol. The fourth-order valence-electron chi connectivity index (χ4n) is 0.927. The number of carbonyl (C=O) groups is 1. The van der Waals surface area contributed by atoms with Crippen LogP contribution >= 0.6 is 0 Å². The molecule has 3 nitrogen and oxygen atoms in total. The first kappa shape index (κ1) is 10.4. The van der Waals surface area contributed by atoms with Gasteiger partial charge in [0.05, 0.1) is 0 Å². The molecule has 0 unspecified atom stereocenters. The first-order valence-corrected chi connectivity index (χ1v) is 2.99. The van der Waals surface area contributed by atoms with Crippen LogP contribution in [0.5, 0.6) is 0 Å². The third kappa shape index (κ3) is 2.51. The Morgan fingerprint density at radius 3 is 1.82 bits per heavy atom. The number of aliphatic hydroxyl groups excluding tert-OH is 1. The van der Waals surface area contributed by atoms with Crippen LogP contribution in [0.2, 0.25) is 0 Å². The van der Waals surface area contributed by atoms with Crippen molar-refractivity contribution >= 4 is 6.29 Å². The Hall–Kier alpha value is -0.550. The number of halogens is 2. The Morgan fingerprint density at radius 2 is 1.73 bits per heavy atom. The molecule has 0 spiro atoms. The molecule has 5 heteroatoms. The van der Waals surface area contributed by atoms with Gasteiger partial charge in [0, 0.05) is 20.0 Å². The largest absolute Gasteiger partial charge is 0.400 e. The minimum Gasteiger partial charge on any atom is -0.400 e. The molecule has 0 radical (unpaired) electrons. The lowest BCUT2D eigenvalue weighted by molar-refractivity contribution is -0.197. The van der Waals surface area contributed by atoms with E-state index in [1.165, 1.54) is 0 Å². The van der Waals surface area contributed by atoms with Crippen LogP contribution in [0, 0.1) is 0 Å². The maximum Gasteiger partial charge on any atom is 0.254 e. The number of hydrogen-bond donors (Lipinski definition) is 2. The summed E-state index contributed by atoms with van der Waals surface area (Å²) in [6.45, 7) is 0. The minimum atomic E-state index is -2.82. The fourth-order valence-corrected chi connectivity index (χ4v) is 0.927. The van der Waals surface area contributed by atoms with Crippen molar-refractivity contribution in [3.05, 3.63) is 0 Å². The number of aliphatic hydroxyl groups is 2. The van der Waals surface area contributed by atoms with Crippen molar-refractivity contribution in [3.63, 3.8) is 0 Å². The molecule has 0 heterocycles. The molecule has 1 aliphatic carbocycles.